The smallest absolute Gasteiger partial charge is 0.338 e. The number of carbonyl (C=O) groups is 2. The first-order chi connectivity index (χ1) is 14.1. The molecule has 1 saturated carbocycles. The molecule has 2 aliphatic rings. The van der Waals surface area contributed by atoms with Gasteiger partial charge in [0.05, 0.1) is 17.1 Å². The van der Waals surface area contributed by atoms with Crippen molar-refractivity contribution >= 4 is 46.3 Å². The summed E-state index contributed by atoms with van der Waals surface area (Å²) in [6.07, 6.45) is 6.10. The summed E-state index contributed by atoms with van der Waals surface area (Å²) in [6, 6.07) is 11.0. The first kappa shape index (κ1) is 19.9. The van der Waals surface area contributed by atoms with Crippen molar-refractivity contribution in [3.05, 3.63) is 52.6 Å². The molecule has 1 saturated heterocycles. The minimum atomic E-state index is -0.344. The molecule has 0 radical (unpaired) electrons. The van der Waals surface area contributed by atoms with Crippen LogP contribution < -0.4 is 0 Å². The predicted molar refractivity (Wildman–Crippen MR) is 117 cm³/mol. The molecule has 0 bridgehead atoms. The van der Waals surface area contributed by atoms with E-state index in [0.717, 1.165) is 31.2 Å². The first-order valence-electron chi connectivity index (χ1n) is 9.71. The summed E-state index contributed by atoms with van der Waals surface area (Å²) < 4.78 is 11.5. The number of hydrogen-bond acceptors (Lipinski definition) is 6. The van der Waals surface area contributed by atoms with Gasteiger partial charge in [0.25, 0.3) is 5.91 Å². The molecule has 29 heavy (non-hydrogen) atoms. The maximum absolute atomic E-state index is 12.8. The summed E-state index contributed by atoms with van der Waals surface area (Å²) in [5.74, 6) is 0.895. The summed E-state index contributed by atoms with van der Waals surface area (Å²) in [7, 11) is 0. The van der Waals surface area contributed by atoms with Crippen molar-refractivity contribution in [2.75, 3.05) is 6.61 Å². The Morgan fingerprint density at radius 1 is 1.24 bits per heavy atom. The highest BCUT2D eigenvalue weighted by Crippen LogP contribution is 2.38. The van der Waals surface area contributed by atoms with Crippen molar-refractivity contribution in [2.45, 2.75) is 38.6 Å². The van der Waals surface area contributed by atoms with E-state index >= 15 is 0 Å². The Morgan fingerprint density at radius 2 is 1.97 bits per heavy atom. The minimum Gasteiger partial charge on any atom is -0.462 e. The summed E-state index contributed by atoms with van der Waals surface area (Å²) in [4.78, 5) is 26.9. The highest BCUT2D eigenvalue weighted by Gasteiger charge is 2.38. The monoisotopic (exact) mass is 427 g/mol. The third-order valence-corrected chi connectivity index (χ3v) is 6.42. The maximum Gasteiger partial charge on any atom is 0.338 e. The average Bonchev–Trinajstić information content (AvgIpc) is 3.45. The van der Waals surface area contributed by atoms with Crippen molar-refractivity contribution in [1.29, 1.82) is 0 Å². The Hall–Kier alpha value is -2.38. The number of carbonyl (C=O) groups excluding carboxylic acids is 2. The highest BCUT2D eigenvalue weighted by atomic mass is 32.2. The first-order valence-corrected chi connectivity index (χ1v) is 10.9. The van der Waals surface area contributed by atoms with Crippen molar-refractivity contribution in [2.24, 2.45) is 0 Å². The lowest BCUT2D eigenvalue weighted by atomic mass is 10.1. The van der Waals surface area contributed by atoms with Crippen molar-refractivity contribution < 1.29 is 18.7 Å². The van der Waals surface area contributed by atoms with Gasteiger partial charge in [-0.2, -0.15) is 0 Å². The van der Waals surface area contributed by atoms with Gasteiger partial charge in [-0.05, 0) is 44.0 Å². The lowest BCUT2D eigenvalue weighted by Crippen LogP contribution is -2.36. The zero-order valence-electron chi connectivity index (χ0n) is 16.1. The van der Waals surface area contributed by atoms with Crippen LogP contribution in [0.2, 0.25) is 0 Å². The quantitative estimate of drug-likeness (QED) is 0.368. The lowest BCUT2D eigenvalue weighted by Gasteiger charge is -2.21. The molecule has 150 valence electrons. The van der Waals surface area contributed by atoms with E-state index in [1.807, 2.05) is 24.3 Å². The molecule has 1 aromatic carbocycles. The van der Waals surface area contributed by atoms with Crippen LogP contribution in [0.5, 0.6) is 0 Å². The molecule has 0 N–H and O–H groups in total. The average molecular weight is 428 g/mol. The van der Waals surface area contributed by atoms with Crippen LogP contribution in [0.3, 0.4) is 0 Å². The fourth-order valence-electron chi connectivity index (χ4n) is 3.66. The second-order valence-electron chi connectivity index (χ2n) is 6.99. The van der Waals surface area contributed by atoms with Crippen LogP contribution in [0.15, 0.2) is 45.7 Å². The van der Waals surface area contributed by atoms with Crippen LogP contribution in [0.1, 0.15) is 48.7 Å². The molecular weight excluding hydrogens is 406 g/mol. The molecule has 2 heterocycles. The number of rotatable bonds is 5. The molecule has 0 atom stereocenters. The molecule has 1 aliphatic heterocycles. The van der Waals surface area contributed by atoms with E-state index in [1.54, 1.807) is 30.0 Å². The van der Waals surface area contributed by atoms with Gasteiger partial charge < -0.3 is 9.15 Å². The van der Waals surface area contributed by atoms with Gasteiger partial charge in [-0.3, -0.25) is 9.69 Å². The topological polar surface area (TPSA) is 59.8 Å². The van der Waals surface area contributed by atoms with Gasteiger partial charge in [-0.1, -0.05) is 49.0 Å². The molecule has 2 fully saturated rings. The number of hydrogen-bond donors (Lipinski definition) is 0. The second kappa shape index (κ2) is 8.55. The largest absolute Gasteiger partial charge is 0.462 e. The van der Waals surface area contributed by atoms with Gasteiger partial charge >= 0.3 is 5.97 Å². The number of thiocarbonyl (C=S) groups is 1. The van der Waals surface area contributed by atoms with Gasteiger partial charge in [0.15, 0.2) is 0 Å². The van der Waals surface area contributed by atoms with Crippen LogP contribution in [0, 0.1) is 0 Å². The van der Waals surface area contributed by atoms with Crippen molar-refractivity contribution in [3.63, 3.8) is 0 Å². The normalized spacial score (nSPS) is 18.8. The summed E-state index contributed by atoms with van der Waals surface area (Å²) in [5.41, 5.74) is 1.34. The number of thioether (sulfide) groups is 1. The Morgan fingerprint density at radius 3 is 2.66 bits per heavy atom. The fourth-order valence-corrected chi connectivity index (χ4v) is 5.04. The molecule has 1 amide bonds. The van der Waals surface area contributed by atoms with Crippen molar-refractivity contribution in [1.82, 2.24) is 4.90 Å². The second-order valence-corrected chi connectivity index (χ2v) is 8.67. The Kier molecular flexibility index (Phi) is 5.87. The molecule has 0 spiro atoms. The number of benzene rings is 1. The van der Waals surface area contributed by atoms with Crippen LogP contribution in [0.4, 0.5) is 0 Å². The molecule has 7 heteroatoms. The Bertz CT molecular complexity index is 971. The number of furan rings is 1. The minimum absolute atomic E-state index is 0.0244. The van der Waals surface area contributed by atoms with E-state index < -0.39 is 0 Å². The van der Waals surface area contributed by atoms with Crippen molar-refractivity contribution in [3.8, 4) is 11.3 Å². The third kappa shape index (κ3) is 4.16. The summed E-state index contributed by atoms with van der Waals surface area (Å²) in [6.45, 7) is 2.12. The van der Waals surface area contributed by atoms with Crippen LogP contribution in [-0.4, -0.2) is 33.7 Å². The lowest BCUT2D eigenvalue weighted by molar-refractivity contribution is -0.123. The number of amides is 1. The SMILES string of the molecule is CCOC(=O)c1ccc(-c2ccc(C=C3SC(=S)N(C4CCCC4)C3=O)o2)cc1. The van der Waals surface area contributed by atoms with Gasteiger partial charge in [-0.15, -0.1) is 0 Å². The zero-order valence-corrected chi connectivity index (χ0v) is 17.7. The molecule has 2 aromatic rings. The predicted octanol–water partition coefficient (Wildman–Crippen LogP) is 5.27. The molecular formula is C22H21NO4S2. The number of esters is 1. The molecule has 1 aromatic heterocycles. The van der Waals surface area contributed by atoms with Gasteiger partial charge in [0, 0.05) is 17.7 Å². The molecule has 0 unspecified atom stereocenters. The van der Waals surface area contributed by atoms with E-state index in [0.29, 0.717) is 32.9 Å². The maximum atomic E-state index is 12.8. The zero-order chi connectivity index (χ0) is 20.4. The summed E-state index contributed by atoms with van der Waals surface area (Å²) in [5, 5.41) is 0. The third-order valence-electron chi connectivity index (χ3n) is 5.09. The Balaban J connectivity index is 1.50. The van der Waals surface area contributed by atoms with Crippen LogP contribution >= 0.6 is 24.0 Å². The van der Waals surface area contributed by atoms with E-state index in [1.165, 1.54) is 11.8 Å². The molecule has 1 aliphatic carbocycles. The molecule has 5 nitrogen and oxygen atoms in total. The van der Waals surface area contributed by atoms with E-state index in [-0.39, 0.29) is 17.9 Å². The van der Waals surface area contributed by atoms with E-state index in [2.05, 4.69) is 0 Å². The van der Waals surface area contributed by atoms with E-state index in [9.17, 15) is 9.59 Å². The van der Waals surface area contributed by atoms with Gasteiger partial charge in [0.2, 0.25) is 0 Å². The van der Waals surface area contributed by atoms with Crippen LogP contribution in [0.25, 0.3) is 17.4 Å². The molecule has 4 rings (SSSR count). The van der Waals surface area contributed by atoms with E-state index in [4.69, 9.17) is 21.4 Å². The number of ether oxygens (including phenoxy) is 1. The van der Waals surface area contributed by atoms with Crippen LogP contribution in [-0.2, 0) is 9.53 Å². The highest BCUT2D eigenvalue weighted by molar-refractivity contribution is 8.26. The summed E-state index contributed by atoms with van der Waals surface area (Å²) >= 11 is 6.78. The van der Waals surface area contributed by atoms with Gasteiger partial charge in [0.1, 0.15) is 15.8 Å². The number of nitrogens with zero attached hydrogens (tertiary/aromatic N) is 1. The fraction of sp³-hybridized carbons (Fsp3) is 0.318. The standard InChI is InChI=1S/C22H21NO4S2/c1-2-26-21(25)15-9-7-14(8-10-15)18-12-11-17(27-18)13-19-20(24)23(22(28)29-19)16-5-3-4-6-16/h7-13,16H,2-6H2,1H3. The Labute approximate surface area is 179 Å². The van der Waals surface area contributed by atoms with Gasteiger partial charge in [-0.25, -0.2) is 4.79 Å².